The maximum absolute atomic E-state index is 12.4. The van der Waals surface area contributed by atoms with Crippen LogP contribution in [-0.2, 0) is 14.3 Å². The molecule has 0 saturated heterocycles. The Labute approximate surface area is 167 Å². The quantitative estimate of drug-likeness (QED) is 0.558. The van der Waals surface area contributed by atoms with E-state index >= 15 is 0 Å². The van der Waals surface area contributed by atoms with Gasteiger partial charge in [0.1, 0.15) is 5.01 Å². The number of methoxy groups -OCH3 is 2. The van der Waals surface area contributed by atoms with Gasteiger partial charge in [0.2, 0.25) is 0 Å². The van der Waals surface area contributed by atoms with E-state index in [4.69, 9.17) is 14.2 Å². The SMILES string of the molecule is CCOC(=O)CCCC(=O)[C@@H](C#N)c1nc(-c2ccc(OC)c(OC)c2)cs1. The molecule has 8 heteroatoms. The number of thiazole rings is 1. The van der Waals surface area contributed by atoms with E-state index < -0.39 is 5.92 Å². The van der Waals surface area contributed by atoms with Crippen LogP contribution in [0.4, 0.5) is 0 Å². The number of carbonyl (C=O) groups is 2. The van der Waals surface area contributed by atoms with Crippen LogP contribution in [0.1, 0.15) is 37.1 Å². The molecule has 0 amide bonds. The number of hydrogen-bond donors (Lipinski definition) is 0. The van der Waals surface area contributed by atoms with E-state index in [1.165, 1.54) is 11.3 Å². The first-order chi connectivity index (χ1) is 13.5. The lowest BCUT2D eigenvalue weighted by molar-refractivity contribution is -0.143. The van der Waals surface area contributed by atoms with E-state index in [0.717, 1.165) is 5.56 Å². The van der Waals surface area contributed by atoms with Crippen LogP contribution in [0.3, 0.4) is 0 Å². The number of nitriles is 1. The summed E-state index contributed by atoms with van der Waals surface area (Å²) in [5, 5.41) is 11.7. The van der Waals surface area contributed by atoms with Crippen molar-refractivity contribution in [3.05, 3.63) is 28.6 Å². The Kier molecular flexibility index (Phi) is 7.96. The molecular weight excluding hydrogens is 380 g/mol. The summed E-state index contributed by atoms with van der Waals surface area (Å²) >= 11 is 1.26. The van der Waals surface area contributed by atoms with Crippen LogP contribution in [0, 0.1) is 11.3 Å². The van der Waals surface area contributed by atoms with Gasteiger partial charge in [0.15, 0.2) is 23.2 Å². The van der Waals surface area contributed by atoms with Crippen LogP contribution in [-0.4, -0.2) is 37.6 Å². The van der Waals surface area contributed by atoms with Crippen LogP contribution in [0.2, 0.25) is 0 Å². The molecule has 1 heterocycles. The molecule has 1 aromatic carbocycles. The van der Waals surface area contributed by atoms with Gasteiger partial charge in [0.25, 0.3) is 0 Å². The predicted molar refractivity (Wildman–Crippen MR) is 104 cm³/mol. The molecule has 0 unspecified atom stereocenters. The van der Waals surface area contributed by atoms with Crippen molar-refractivity contribution in [2.45, 2.75) is 32.1 Å². The molecule has 0 bridgehead atoms. The first-order valence-corrected chi connectivity index (χ1v) is 9.67. The minimum atomic E-state index is -0.943. The maximum atomic E-state index is 12.4. The summed E-state index contributed by atoms with van der Waals surface area (Å²) in [6.07, 6.45) is 0.637. The minimum Gasteiger partial charge on any atom is -0.493 e. The number of nitrogens with zero attached hydrogens (tertiary/aromatic N) is 2. The number of ether oxygens (including phenoxy) is 3. The summed E-state index contributed by atoms with van der Waals surface area (Å²) in [6, 6.07) is 7.43. The Morgan fingerprint density at radius 3 is 2.61 bits per heavy atom. The third-order valence-corrected chi connectivity index (χ3v) is 4.92. The van der Waals surface area contributed by atoms with Gasteiger partial charge in [-0.3, -0.25) is 9.59 Å². The molecule has 7 nitrogen and oxygen atoms in total. The van der Waals surface area contributed by atoms with Crippen molar-refractivity contribution in [2.75, 3.05) is 20.8 Å². The Morgan fingerprint density at radius 2 is 1.96 bits per heavy atom. The Balaban J connectivity index is 2.09. The molecule has 0 aliphatic heterocycles. The van der Waals surface area contributed by atoms with Crippen LogP contribution in [0.25, 0.3) is 11.3 Å². The number of ketones is 1. The number of esters is 1. The summed E-state index contributed by atoms with van der Waals surface area (Å²) in [5.41, 5.74) is 1.45. The van der Waals surface area contributed by atoms with E-state index in [2.05, 4.69) is 4.98 Å². The molecule has 2 aromatic rings. The summed E-state index contributed by atoms with van der Waals surface area (Å²) in [7, 11) is 3.11. The molecule has 1 aromatic heterocycles. The third-order valence-electron chi connectivity index (χ3n) is 4.01. The monoisotopic (exact) mass is 402 g/mol. The molecule has 0 radical (unpaired) electrons. The molecule has 0 aliphatic carbocycles. The highest BCUT2D eigenvalue weighted by Gasteiger charge is 2.24. The molecule has 1 atom stereocenters. The van der Waals surface area contributed by atoms with Gasteiger partial charge in [0.05, 0.1) is 32.6 Å². The standard InChI is InChI=1S/C20H22N2O5S/c1-4-27-19(24)7-5-6-16(23)14(11-21)20-22-15(12-28-20)13-8-9-17(25-2)18(10-13)26-3/h8-10,12,14H,4-7H2,1-3H3/t14-/m1/s1. The number of Topliss-reactive ketones (excluding diaryl/α,β-unsaturated/α-hetero) is 1. The summed E-state index contributed by atoms with van der Waals surface area (Å²) in [4.78, 5) is 28.2. The Hall–Kier alpha value is -2.92. The molecule has 0 aliphatic rings. The number of hydrogen-bond acceptors (Lipinski definition) is 8. The van der Waals surface area contributed by atoms with Crippen molar-refractivity contribution in [2.24, 2.45) is 0 Å². The fourth-order valence-electron chi connectivity index (χ4n) is 2.60. The van der Waals surface area contributed by atoms with Crippen LogP contribution in [0.5, 0.6) is 11.5 Å². The zero-order chi connectivity index (χ0) is 20.5. The molecule has 0 N–H and O–H groups in total. The number of carbonyl (C=O) groups excluding carboxylic acids is 2. The largest absolute Gasteiger partial charge is 0.493 e. The first kappa shape index (κ1) is 21.4. The molecule has 28 heavy (non-hydrogen) atoms. The molecular formula is C20H22N2O5S. The van der Waals surface area contributed by atoms with Crippen molar-refractivity contribution in [1.29, 1.82) is 5.26 Å². The second kappa shape index (κ2) is 10.4. The van der Waals surface area contributed by atoms with Crippen LogP contribution in [0.15, 0.2) is 23.6 Å². The molecule has 0 saturated carbocycles. The van der Waals surface area contributed by atoms with Gasteiger partial charge in [-0.15, -0.1) is 11.3 Å². The molecule has 2 rings (SSSR count). The van der Waals surface area contributed by atoms with E-state index in [9.17, 15) is 14.9 Å². The number of aromatic nitrogens is 1. The molecule has 0 spiro atoms. The maximum Gasteiger partial charge on any atom is 0.305 e. The van der Waals surface area contributed by atoms with Crippen molar-refractivity contribution in [1.82, 2.24) is 4.98 Å². The highest BCUT2D eigenvalue weighted by Crippen LogP contribution is 2.34. The minimum absolute atomic E-state index is 0.127. The lowest BCUT2D eigenvalue weighted by Crippen LogP contribution is -2.12. The fraction of sp³-hybridized carbons (Fsp3) is 0.400. The van der Waals surface area contributed by atoms with Crippen LogP contribution < -0.4 is 9.47 Å². The van der Waals surface area contributed by atoms with Crippen molar-refractivity contribution >= 4 is 23.1 Å². The molecule has 0 fully saturated rings. The summed E-state index contributed by atoms with van der Waals surface area (Å²) in [6.45, 7) is 2.04. The van der Waals surface area contributed by atoms with Crippen LogP contribution >= 0.6 is 11.3 Å². The Bertz CT molecular complexity index is 872. The van der Waals surface area contributed by atoms with Gasteiger partial charge in [0, 0.05) is 23.8 Å². The highest BCUT2D eigenvalue weighted by molar-refractivity contribution is 7.10. The van der Waals surface area contributed by atoms with Gasteiger partial charge in [-0.2, -0.15) is 5.26 Å². The van der Waals surface area contributed by atoms with E-state index in [-0.39, 0.29) is 24.6 Å². The number of rotatable bonds is 10. The lowest BCUT2D eigenvalue weighted by atomic mass is 10.0. The van der Waals surface area contributed by atoms with Crippen molar-refractivity contribution in [3.8, 4) is 28.8 Å². The zero-order valence-electron chi connectivity index (χ0n) is 16.1. The van der Waals surface area contributed by atoms with Gasteiger partial charge in [-0.25, -0.2) is 4.98 Å². The Morgan fingerprint density at radius 1 is 1.21 bits per heavy atom. The van der Waals surface area contributed by atoms with Gasteiger partial charge in [-0.05, 0) is 31.5 Å². The second-order valence-corrected chi connectivity index (χ2v) is 6.72. The highest BCUT2D eigenvalue weighted by atomic mass is 32.1. The van der Waals surface area contributed by atoms with Gasteiger partial charge in [-0.1, -0.05) is 0 Å². The summed E-state index contributed by atoms with van der Waals surface area (Å²) < 4.78 is 15.4. The second-order valence-electron chi connectivity index (χ2n) is 5.83. The van der Waals surface area contributed by atoms with E-state index in [0.29, 0.717) is 35.2 Å². The lowest BCUT2D eigenvalue weighted by Gasteiger charge is -2.08. The predicted octanol–water partition coefficient (Wildman–Crippen LogP) is 3.74. The smallest absolute Gasteiger partial charge is 0.305 e. The summed E-state index contributed by atoms with van der Waals surface area (Å²) in [5.74, 6) is -0.357. The van der Waals surface area contributed by atoms with Crippen molar-refractivity contribution in [3.63, 3.8) is 0 Å². The number of benzene rings is 1. The fourth-order valence-corrected chi connectivity index (χ4v) is 3.49. The molecule has 148 valence electrons. The first-order valence-electron chi connectivity index (χ1n) is 8.79. The van der Waals surface area contributed by atoms with E-state index in [1.54, 1.807) is 38.7 Å². The zero-order valence-corrected chi connectivity index (χ0v) is 16.9. The average Bonchev–Trinajstić information content (AvgIpc) is 3.18. The van der Waals surface area contributed by atoms with Gasteiger partial charge < -0.3 is 14.2 Å². The van der Waals surface area contributed by atoms with Gasteiger partial charge >= 0.3 is 5.97 Å². The average molecular weight is 402 g/mol. The third kappa shape index (κ3) is 5.30. The van der Waals surface area contributed by atoms with E-state index in [1.807, 2.05) is 12.1 Å². The topological polar surface area (TPSA) is 98.5 Å². The normalized spacial score (nSPS) is 11.4. The van der Waals surface area contributed by atoms with Crippen molar-refractivity contribution < 1.29 is 23.8 Å².